The molecule has 0 aromatic heterocycles. The van der Waals surface area contributed by atoms with Crippen molar-refractivity contribution >= 4 is 68.8 Å². The molecule has 2 saturated heterocycles. The zero-order valence-corrected chi connectivity index (χ0v) is 28.7. The first-order chi connectivity index (χ1) is 21.4. The van der Waals surface area contributed by atoms with Crippen LogP contribution in [-0.4, -0.2) is 64.9 Å². The molecule has 0 unspecified atom stereocenters. The smallest absolute Gasteiger partial charge is 0.321 e. The summed E-state index contributed by atoms with van der Waals surface area (Å²) in [7, 11) is 0. The zero-order chi connectivity index (χ0) is 30.9. The van der Waals surface area contributed by atoms with E-state index in [0.717, 1.165) is 26.6 Å². The van der Waals surface area contributed by atoms with Gasteiger partial charge in [0, 0.05) is 14.9 Å². The van der Waals surface area contributed by atoms with E-state index in [9.17, 15) is 9.59 Å². The maximum Gasteiger partial charge on any atom is 0.321 e. The van der Waals surface area contributed by atoms with Gasteiger partial charge in [-0.05, 0) is 52.0 Å². The van der Waals surface area contributed by atoms with Crippen LogP contribution in [0.1, 0.15) is 23.6 Å². The highest BCUT2D eigenvalue weighted by Gasteiger charge is 2.58. The molecule has 0 bridgehead atoms. The third-order valence-corrected chi connectivity index (χ3v) is 10.6. The Morgan fingerprint density at radius 1 is 1.00 bits per heavy atom. The van der Waals surface area contributed by atoms with Crippen LogP contribution in [0.25, 0.3) is 0 Å². The Labute approximate surface area is 285 Å². The predicted octanol–water partition coefficient (Wildman–Crippen LogP) is 6.58. The van der Waals surface area contributed by atoms with Crippen LogP contribution in [0.5, 0.6) is 0 Å². The number of alkyl halides is 1. The maximum atomic E-state index is 14.1. The van der Waals surface area contributed by atoms with Crippen LogP contribution >= 0.6 is 57.7 Å². The largest absolute Gasteiger partial charge is 0.456 e. The zero-order valence-electron chi connectivity index (χ0n) is 24.1. The molecule has 0 N–H and O–H groups in total. The summed E-state index contributed by atoms with van der Waals surface area (Å²) in [5.74, 6) is -1.40. The van der Waals surface area contributed by atoms with E-state index in [2.05, 4.69) is 28.7 Å². The lowest BCUT2D eigenvalue weighted by Gasteiger charge is -2.51. The van der Waals surface area contributed by atoms with E-state index in [1.165, 1.54) is 5.56 Å². The van der Waals surface area contributed by atoms with Gasteiger partial charge >= 0.3 is 5.97 Å². The molecule has 2 aliphatic heterocycles. The third-order valence-electron chi connectivity index (χ3n) is 7.32. The Balaban J connectivity index is 1.44. The summed E-state index contributed by atoms with van der Waals surface area (Å²) in [5, 5.41) is -0.290. The molecule has 2 fully saturated rings. The lowest BCUT2D eigenvalue weighted by atomic mass is 9.96. The van der Waals surface area contributed by atoms with Crippen molar-refractivity contribution in [3.8, 4) is 0 Å². The standard InChI is InChI=1S/C33H34ClIO7S2/c1-2-43-31-30(38-20-22-11-5-3-6-12-22)29(41-27(36)19-34)28-26(40-31)21-39-33(42-28,24-14-7-4-8-15-24)32(37)44-18-17-23-13-9-10-16-25(23)35/h3-16,26,28-31H,2,17-21H2,1H3/t26-,28-,29+,30+,31-,33+/m1/s1. The second-order valence-corrected chi connectivity index (χ2v) is 14.1. The molecule has 44 heavy (non-hydrogen) atoms. The van der Waals surface area contributed by atoms with Crippen LogP contribution in [0.15, 0.2) is 84.9 Å². The van der Waals surface area contributed by atoms with E-state index in [0.29, 0.717) is 17.7 Å². The molecule has 0 aliphatic carbocycles. The van der Waals surface area contributed by atoms with Gasteiger partial charge in [0.15, 0.2) is 6.10 Å². The van der Waals surface area contributed by atoms with Gasteiger partial charge < -0.3 is 23.7 Å². The minimum absolute atomic E-state index is 0.0591. The summed E-state index contributed by atoms with van der Waals surface area (Å²) in [6, 6.07) is 27.0. The number of esters is 1. The highest BCUT2D eigenvalue weighted by atomic mass is 127. The van der Waals surface area contributed by atoms with Crippen molar-refractivity contribution in [2.24, 2.45) is 0 Å². The first kappa shape index (κ1) is 33.7. The fourth-order valence-corrected chi connectivity index (χ4v) is 7.84. The van der Waals surface area contributed by atoms with E-state index < -0.39 is 41.6 Å². The van der Waals surface area contributed by atoms with Crippen LogP contribution < -0.4 is 0 Å². The number of halogens is 2. The first-order valence-electron chi connectivity index (χ1n) is 14.4. The van der Waals surface area contributed by atoms with Gasteiger partial charge in [0.05, 0.1) is 13.2 Å². The second-order valence-electron chi connectivity index (χ2n) is 10.2. The lowest BCUT2D eigenvalue weighted by Crippen LogP contribution is -2.66. The minimum atomic E-state index is -1.74. The van der Waals surface area contributed by atoms with Crippen molar-refractivity contribution < 1.29 is 33.3 Å². The fraction of sp³-hybridized carbons (Fsp3) is 0.394. The molecule has 7 nitrogen and oxygen atoms in total. The molecule has 234 valence electrons. The minimum Gasteiger partial charge on any atom is -0.456 e. The Kier molecular flexibility index (Phi) is 12.5. The molecule has 6 atom stereocenters. The number of hydrogen-bond donors (Lipinski definition) is 0. The van der Waals surface area contributed by atoms with Gasteiger partial charge in [-0.25, -0.2) is 0 Å². The number of aryl methyl sites for hydroxylation is 1. The number of rotatable bonds is 12. The summed E-state index contributed by atoms with van der Waals surface area (Å²) in [5.41, 5.74) is 2.22. The maximum absolute atomic E-state index is 14.1. The Bertz CT molecular complexity index is 1380. The average Bonchev–Trinajstić information content (AvgIpc) is 3.06. The van der Waals surface area contributed by atoms with Crippen LogP contribution in [0.2, 0.25) is 0 Å². The predicted molar refractivity (Wildman–Crippen MR) is 182 cm³/mol. The van der Waals surface area contributed by atoms with Crippen molar-refractivity contribution in [1.29, 1.82) is 0 Å². The van der Waals surface area contributed by atoms with Gasteiger partial charge in [0.2, 0.25) is 0 Å². The van der Waals surface area contributed by atoms with Crippen molar-refractivity contribution in [2.45, 2.75) is 55.6 Å². The van der Waals surface area contributed by atoms with Crippen molar-refractivity contribution in [2.75, 3.05) is 24.0 Å². The summed E-state index contributed by atoms with van der Waals surface area (Å²) in [6.07, 6.45) is -2.35. The molecule has 0 amide bonds. The van der Waals surface area contributed by atoms with E-state index in [-0.39, 0.29) is 24.2 Å². The van der Waals surface area contributed by atoms with E-state index in [1.807, 2.05) is 85.8 Å². The number of ether oxygens (including phenoxy) is 5. The molecule has 3 aromatic rings. The number of fused-ring (bicyclic) bond motifs is 1. The molecule has 0 saturated carbocycles. The Morgan fingerprint density at radius 3 is 2.41 bits per heavy atom. The topological polar surface area (TPSA) is 80.3 Å². The summed E-state index contributed by atoms with van der Waals surface area (Å²) >= 11 is 10.9. The van der Waals surface area contributed by atoms with Crippen LogP contribution in [0.4, 0.5) is 0 Å². The fourth-order valence-electron chi connectivity index (χ4n) is 5.22. The number of thioether (sulfide) groups is 2. The van der Waals surface area contributed by atoms with Gasteiger partial charge in [-0.1, -0.05) is 97.5 Å². The molecular weight excluding hydrogens is 735 g/mol. The molecule has 3 aromatic carbocycles. The van der Waals surface area contributed by atoms with Gasteiger partial charge in [-0.2, -0.15) is 0 Å². The van der Waals surface area contributed by atoms with Gasteiger partial charge in [-0.15, -0.1) is 23.4 Å². The van der Waals surface area contributed by atoms with Crippen molar-refractivity contribution in [3.05, 3.63) is 105 Å². The first-order valence-corrected chi connectivity index (χ1v) is 18.1. The normalized spacial score (nSPS) is 26.5. The molecule has 5 rings (SSSR count). The summed E-state index contributed by atoms with van der Waals surface area (Å²) in [6.45, 7) is 2.35. The SMILES string of the molecule is CCS[C@H]1O[C@@H]2CO[C@@](C(=O)SCCc3ccccc3I)(c3ccccc3)O[C@H]2[C@H](OC(=O)CCl)[C@@H]1OCc1ccccc1. The molecule has 2 heterocycles. The van der Waals surface area contributed by atoms with Crippen LogP contribution in [0, 0.1) is 3.57 Å². The van der Waals surface area contributed by atoms with Crippen LogP contribution in [0.3, 0.4) is 0 Å². The summed E-state index contributed by atoms with van der Waals surface area (Å²) < 4.78 is 33.0. The van der Waals surface area contributed by atoms with E-state index in [4.69, 9.17) is 35.3 Å². The van der Waals surface area contributed by atoms with E-state index in [1.54, 1.807) is 11.8 Å². The number of hydrogen-bond acceptors (Lipinski definition) is 9. The average molecular weight is 769 g/mol. The number of benzene rings is 3. The quantitative estimate of drug-likeness (QED) is 0.116. The molecule has 11 heteroatoms. The van der Waals surface area contributed by atoms with E-state index >= 15 is 0 Å². The Morgan fingerprint density at radius 2 is 1.70 bits per heavy atom. The molecule has 0 spiro atoms. The third kappa shape index (κ3) is 8.01. The number of carbonyl (C=O) groups is 2. The van der Waals surface area contributed by atoms with Crippen LogP contribution in [-0.2, 0) is 52.1 Å². The van der Waals surface area contributed by atoms with Gasteiger partial charge in [0.1, 0.15) is 29.6 Å². The van der Waals surface area contributed by atoms with Gasteiger partial charge in [0.25, 0.3) is 10.9 Å². The summed E-state index contributed by atoms with van der Waals surface area (Å²) in [4.78, 5) is 26.8. The number of carbonyl (C=O) groups excluding carboxylic acids is 2. The lowest BCUT2D eigenvalue weighted by molar-refractivity contribution is -0.354. The monoisotopic (exact) mass is 768 g/mol. The van der Waals surface area contributed by atoms with Crippen molar-refractivity contribution in [3.63, 3.8) is 0 Å². The highest BCUT2D eigenvalue weighted by Crippen LogP contribution is 2.44. The molecule has 0 radical (unpaired) electrons. The highest BCUT2D eigenvalue weighted by molar-refractivity contribution is 14.1. The Hall–Kier alpha value is -1.64. The second kappa shape index (κ2) is 16.3. The molecular formula is C33H34ClIO7S2. The van der Waals surface area contributed by atoms with Crippen molar-refractivity contribution in [1.82, 2.24) is 0 Å². The molecule has 2 aliphatic rings. The van der Waals surface area contributed by atoms with Gasteiger partial charge in [-0.3, -0.25) is 9.59 Å².